The molecule has 0 saturated carbocycles. The van der Waals surface area contributed by atoms with E-state index in [0.29, 0.717) is 11.3 Å². The third kappa shape index (κ3) is 3.70. The van der Waals surface area contributed by atoms with Gasteiger partial charge >= 0.3 is 0 Å². The second kappa shape index (κ2) is 5.66. The standard InChI is InChI=1S/C9H18NOPS/c1-7(2)12(8(3)4)9(13)10(5)6-11/h6-8H,1-5H3. The molecule has 0 aromatic rings. The Balaban J connectivity index is 4.55. The number of hydrogen-bond donors (Lipinski definition) is 0. The van der Waals surface area contributed by atoms with Gasteiger partial charge < -0.3 is 4.90 Å². The van der Waals surface area contributed by atoms with Gasteiger partial charge in [0.2, 0.25) is 6.41 Å². The summed E-state index contributed by atoms with van der Waals surface area (Å²) < 4.78 is 0.815. The zero-order valence-electron chi connectivity index (χ0n) is 8.94. The lowest BCUT2D eigenvalue weighted by Crippen LogP contribution is -2.26. The van der Waals surface area contributed by atoms with E-state index in [1.807, 2.05) is 0 Å². The summed E-state index contributed by atoms with van der Waals surface area (Å²) in [6.45, 7) is 8.65. The number of rotatable bonds is 4. The van der Waals surface area contributed by atoms with Crippen molar-refractivity contribution in [2.45, 2.75) is 39.0 Å². The van der Waals surface area contributed by atoms with E-state index in [2.05, 4.69) is 27.7 Å². The van der Waals surface area contributed by atoms with E-state index in [9.17, 15) is 4.79 Å². The van der Waals surface area contributed by atoms with Crippen molar-refractivity contribution in [3.8, 4) is 0 Å². The summed E-state index contributed by atoms with van der Waals surface area (Å²) in [6, 6.07) is 0. The molecule has 0 bridgehead atoms. The van der Waals surface area contributed by atoms with Crippen LogP contribution in [0, 0.1) is 0 Å². The van der Waals surface area contributed by atoms with Crippen LogP contribution < -0.4 is 0 Å². The first-order valence-corrected chi connectivity index (χ1v) is 6.31. The Morgan fingerprint density at radius 2 is 1.69 bits per heavy atom. The number of thiocarbonyl (C=S) groups is 1. The molecule has 13 heavy (non-hydrogen) atoms. The molecule has 4 heteroatoms. The van der Waals surface area contributed by atoms with Crippen molar-refractivity contribution in [1.82, 2.24) is 4.90 Å². The van der Waals surface area contributed by atoms with Crippen molar-refractivity contribution < 1.29 is 4.79 Å². The molecule has 1 amide bonds. The molecule has 0 heterocycles. The monoisotopic (exact) mass is 219 g/mol. The third-order valence-electron chi connectivity index (χ3n) is 1.79. The average Bonchev–Trinajstić information content (AvgIpc) is 2.01. The number of carbonyl (C=O) groups is 1. The Kier molecular flexibility index (Phi) is 5.66. The highest BCUT2D eigenvalue weighted by Gasteiger charge is 2.23. The van der Waals surface area contributed by atoms with Crippen LogP contribution in [0.4, 0.5) is 0 Å². The maximum Gasteiger partial charge on any atom is 0.214 e. The van der Waals surface area contributed by atoms with Crippen molar-refractivity contribution in [2.75, 3.05) is 7.05 Å². The normalized spacial score (nSPS) is 11.1. The summed E-state index contributed by atoms with van der Waals surface area (Å²) in [5, 5.41) is 0. The molecular formula is C9H18NOPS. The predicted molar refractivity (Wildman–Crippen MR) is 63.6 cm³/mol. The molecule has 0 atom stereocenters. The van der Waals surface area contributed by atoms with Gasteiger partial charge in [0.25, 0.3) is 0 Å². The fraction of sp³-hybridized carbons (Fsp3) is 0.778. The first-order chi connectivity index (χ1) is 5.91. The minimum Gasteiger partial charge on any atom is -0.309 e. The molecule has 0 aliphatic rings. The van der Waals surface area contributed by atoms with Crippen molar-refractivity contribution in [1.29, 1.82) is 0 Å². The largest absolute Gasteiger partial charge is 0.309 e. The van der Waals surface area contributed by atoms with Gasteiger partial charge in [0.05, 0.1) is 0 Å². The molecule has 0 aromatic heterocycles. The number of nitrogens with zero attached hydrogens (tertiary/aromatic N) is 1. The van der Waals surface area contributed by atoms with Crippen LogP contribution in [0.2, 0.25) is 0 Å². The fourth-order valence-corrected chi connectivity index (χ4v) is 5.06. The molecular weight excluding hydrogens is 201 g/mol. The first kappa shape index (κ1) is 13.0. The van der Waals surface area contributed by atoms with Gasteiger partial charge in [-0.15, -0.1) is 0 Å². The van der Waals surface area contributed by atoms with Gasteiger partial charge in [0.15, 0.2) is 0 Å². The summed E-state index contributed by atoms with van der Waals surface area (Å²) in [4.78, 5) is 12.1. The maximum absolute atomic E-state index is 10.5. The Morgan fingerprint density at radius 3 is 1.92 bits per heavy atom. The van der Waals surface area contributed by atoms with E-state index < -0.39 is 0 Å². The molecule has 0 aromatic carbocycles. The molecule has 2 nitrogen and oxygen atoms in total. The van der Waals surface area contributed by atoms with Gasteiger partial charge in [-0.25, -0.2) is 0 Å². The van der Waals surface area contributed by atoms with Gasteiger partial charge in [-0.05, 0) is 19.2 Å². The lowest BCUT2D eigenvalue weighted by Gasteiger charge is -2.29. The van der Waals surface area contributed by atoms with Gasteiger partial charge in [-0.3, -0.25) is 4.79 Å². The van der Waals surface area contributed by atoms with E-state index >= 15 is 0 Å². The number of hydrogen-bond acceptors (Lipinski definition) is 2. The van der Waals surface area contributed by atoms with Crippen molar-refractivity contribution in [3.63, 3.8) is 0 Å². The smallest absolute Gasteiger partial charge is 0.214 e. The predicted octanol–water partition coefficient (Wildman–Crippen LogP) is 2.66. The summed E-state index contributed by atoms with van der Waals surface area (Å²) >= 11 is 5.27. The summed E-state index contributed by atoms with van der Waals surface area (Å²) in [5.41, 5.74) is 1.09. The summed E-state index contributed by atoms with van der Waals surface area (Å²) in [7, 11) is 1.37. The van der Waals surface area contributed by atoms with Gasteiger partial charge in [0, 0.05) is 7.05 Å². The molecule has 0 rings (SSSR count). The highest BCUT2D eigenvalue weighted by atomic mass is 32.1. The van der Waals surface area contributed by atoms with Crippen LogP contribution in [-0.2, 0) is 4.79 Å². The van der Waals surface area contributed by atoms with Crippen molar-refractivity contribution in [2.24, 2.45) is 0 Å². The molecule has 76 valence electrons. The van der Waals surface area contributed by atoms with E-state index in [4.69, 9.17) is 12.2 Å². The first-order valence-electron chi connectivity index (χ1n) is 4.42. The minimum absolute atomic E-state index is 0.359. The van der Waals surface area contributed by atoms with Gasteiger partial charge in [0.1, 0.15) is 4.73 Å². The fourth-order valence-electron chi connectivity index (χ4n) is 1.27. The molecule has 0 unspecified atom stereocenters. The number of carbonyl (C=O) groups excluding carboxylic acids is 1. The number of amides is 1. The van der Waals surface area contributed by atoms with Crippen molar-refractivity contribution in [3.05, 3.63) is 0 Å². The molecule has 0 fully saturated rings. The molecule has 0 radical (unpaired) electrons. The van der Waals surface area contributed by atoms with Crippen LogP contribution in [0.25, 0.3) is 0 Å². The van der Waals surface area contributed by atoms with Crippen LogP contribution in [-0.4, -0.2) is 34.4 Å². The minimum atomic E-state index is -0.359. The Morgan fingerprint density at radius 1 is 1.31 bits per heavy atom. The third-order valence-corrected chi connectivity index (χ3v) is 5.70. The average molecular weight is 219 g/mol. The van der Waals surface area contributed by atoms with Crippen LogP contribution in [0.5, 0.6) is 0 Å². The highest BCUT2D eigenvalue weighted by Crippen LogP contribution is 2.47. The van der Waals surface area contributed by atoms with Crippen LogP contribution in [0.1, 0.15) is 27.7 Å². The quantitative estimate of drug-likeness (QED) is 0.411. The topological polar surface area (TPSA) is 20.3 Å². The highest BCUT2D eigenvalue weighted by molar-refractivity contribution is 7.99. The molecule has 0 aliphatic heterocycles. The molecule has 0 spiro atoms. The van der Waals surface area contributed by atoms with E-state index in [0.717, 1.165) is 11.1 Å². The molecule has 0 aliphatic carbocycles. The van der Waals surface area contributed by atoms with E-state index in [1.54, 1.807) is 7.05 Å². The SMILES string of the molecule is CC(C)P(C(=S)N(C)C=O)C(C)C. The van der Waals surface area contributed by atoms with Crippen molar-refractivity contribution >= 4 is 31.3 Å². The summed E-state index contributed by atoms with van der Waals surface area (Å²) in [5.74, 6) is 0. The van der Waals surface area contributed by atoms with Crippen LogP contribution >= 0.6 is 20.1 Å². The second-order valence-corrected chi connectivity index (χ2v) is 7.59. The second-order valence-electron chi connectivity index (χ2n) is 3.59. The zero-order valence-corrected chi connectivity index (χ0v) is 10.7. The van der Waals surface area contributed by atoms with Gasteiger partial charge in [-0.1, -0.05) is 39.9 Å². The molecule has 0 N–H and O–H groups in total. The lowest BCUT2D eigenvalue weighted by atomic mass is 10.5. The van der Waals surface area contributed by atoms with Gasteiger partial charge in [-0.2, -0.15) is 0 Å². The summed E-state index contributed by atoms with van der Waals surface area (Å²) in [6.07, 6.45) is 0.794. The van der Waals surface area contributed by atoms with E-state index in [1.165, 1.54) is 4.90 Å². The van der Waals surface area contributed by atoms with Crippen LogP contribution in [0.3, 0.4) is 0 Å². The zero-order chi connectivity index (χ0) is 10.6. The van der Waals surface area contributed by atoms with E-state index in [-0.39, 0.29) is 7.92 Å². The Hall–Kier alpha value is -0.0100. The molecule has 0 saturated heterocycles. The Labute approximate surface area is 87.4 Å². The Bertz CT molecular complexity index is 186. The lowest BCUT2D eigenvalue weighted by molar-refractivity contribution is -0.113. The van der Waals surface area contributed by atoms with Crippen LogP contribution in [0.15, 0.2) is 0 Å². The maximum atomic E-state index is 10.5.